The summed E-state index contributed by atoms with van der Waals surface area (Å²) in [6.45, 7) is 3.19. The second kappa shape index (κ2) is 8.32. The number of ether oxygens (including phenoxy) is 4. The van der Waals surface area contributed by atoms with E-state index in [2.05, 4.69) is 10.0 Å². The van der Waals surface area contributed by atoms with Gasteiger partial charge in [0.25, 0.3) is 0 Å². The maximum atomic E-state index is 11.3. The lowest BCUT2D eigenvalue weighted by Crippen LogP contribution is -2.63. The van der Waals surface area contributed by atoms with E-state index in [1.165, 1.54) is 6.92 Å². The molecule has 0 radical (unpaired) electrons. The molecule has 0 unspecified atom stereocenters. The van der Waals surface area contributed by atoms with Crippen LogP contribution >= 0.6 is 0 Å². The van der Waals surface area contributed by atoms with Gasteiger partial charge < -0.3 is 24.7 Å². The van der Waals surface area contributed by atoms with E-state index in [-0.39, 0.29) is 6.61 Å². The standard InChI is InChI=1S/C12H18N4O7/c1-5(17)20-4-8-10(21-6(2)18)11(22-7(3)19)9(13)12(23-8)15-16-14/h8-12H,4,13H2,1-3H3/t8-,9-,10+,11-,12-/m1/s1. The van der Waals surface area contributed by atoms with Crippen molar-refractivity contribution in [2.45, 2.75) is 51.4 Å². The summed E-state index contributed by atoms with van der Waals surface area (Å²) < 4.78 is 20.4. The third-order valence-corrected chi connectivity index (χ3v) is 2.93. The van der Waals surface area contributed by atoms with Crippen molar-refractivity contribution in [3.63, 3.8) is 0 Å². The Bertz CT molecular complexity index is 520. The molecule has 0 aromatic rings. The van der Waals surface area contributed by atoms with Crippen molar-refractivity contribution in [1.82, 2.24) is 0 Å². The summed E-state index contributed by atoms with van der Waals surface area (Å²) in [7, 11) is 0. The van der Waals surface area contributed by atoms with Crippen LogP contribution in [0.3, 0.4) is 0 Å². The highest BCUT2D eigenvalue weighted by Gasteiger charge is 2.48. The van der Waals surface area contributed by atoms with Gasteiger partial charge in [0, 0.05) is 25.7 Å². The molecule has 11 nitrogen and oxygen atoms in total. The average Bonchev–Trinajstić information content (AvgIpc) is 2.43. The number of nitrogens with two attached hydrogens (primary N) is 1. The van der Waals surface area contributed by atoms with Crippen molar-refractivity contribution >= 4 is 17.9 Å². The van der Waals surface area contributed by atoms with E-state index in [9.17, 15) is 14.4 Å². The van der Waals surface area contributed by atoms with E-state index in [4.69, 9.17) is 30.2 Å². The minimum absolute atomic E-state index is 0.296. The number of rotatable bonds is 5. The van der Waals surface area contributed by atoms with Crippen molar-refractivity contribution < 1.29 is 33.3 Å². The molecule has 0 saturated carbocycles. The van der Waals surface area contributed by atoms with Crippen LogP contribution in [0.5, 0.6) is 0 Å². The largest absolute Gasteiger partial charge is 0.463 e. The summed E-state index contributed by atoms with van der Waals surface area (Å²) in [6.07, 6.45) is -4.43. The van der Waals surface area contributed by atoms with Gasteiger partial charge in [0.15, 0.2) is 18.4 Å². The zero-order valence-corrected chi connectivity index (χ0v) is 12.9. The molecule has 128 valence electrons. The average molecular weight is 330 g/mol. The quantitative estimate of drug-likeness (QED) is 0.237. The maximum absolute atomic E-state index is 11.3. The lowest BCUT2D eigenvalue weighted by molar-refractivity contribution is -0.219. The van der Waals surface area contributed by atoms with Gasteiger partial charge in [0.05, 0.1) is 6.04 Å². The lowest BCUT2D eigenvalue weighted by atomic mass is 9.96. The molecular formula is C12H18N4O7. The predicted octanol–water partition coefficient (Wildman–Crippen LogP) is -0.225. The topological polar surface area (TPSA) is 163 Å². The summed E-state index contributed by atoms with van der Waals surface area (Å²) in [5.41, 5.74) is 14.4. The minimum atomic E-state index is -1.18. The van der Waals surface area contributed by atoms with Crippen LogP contribution in [0.25, 0.3) is 10.4 Å². The van der Waals surface area contributed by atoms with E-state index in [0.29, 0.717) is 0 Å². The maximum Gasteiger partial charge on any atom is 0.303 e. The molecule has 1 heterocycles. The Balaban J connectivity index is 3.09. The first kappa shape index (κ1) is 18.7. The van der Waals surface area contributed by atoms with Crippen molar-refractivity contribution in [3.8, 4) is 0 Å². The van der Waals surface area contributed by atoms with Crippen molar-refractivity contribution in [3.05, 3.63) is 10.4 Å². The highest BCUT2D eigenvalue weighted by Crippen LogP contribution is 2.26. The molecule has 0 amide bonds. The second-order valence-electron chi connectivity index (χ2n) is 4.80. The molecule has 11 heteroatoms. The fraction of sp³-hybridized carbons (Fsp3) is 0.750. The predicted molar refractivity (Wildman–Crippen MR) is 73.5 cm³/mol. The fourth-order valence-electron chi connectivity index (χ4n) is 2.10. The third kappa shape index (κ3) is 5.40. The van der Waals surface area contributed by atoms with Crippen LogP contribution in [0.4, 0.5) is 0 Å². The summed E-state index contributed by atoms with van der Waals surface area (Å²) in [6, 6.07) is -1.06. The zero-order valence-electron chi connectivity index (χ0n) is 12.9. The van der Waals surface area contributed by atoms with Gasteiger partial charge in [-0.05, 0) is 5.53 Å². The van der Waals surface area contributed by atoms with E-state index >= 15 is 0 Å². The number of hydrogen-bond donors (Lipinski definition) is 1. The highest BCUT2D eigenvalue weighted by molar-refractivity contribution is 5.67. The van der Waals surface area contributed by atoms with Crippen LogP contribution in [0.15, 0.2) is 5.11 Å². The van der Waals surface area contributed by atoms with Crippen molar-refractivity contribution in [2.24, 2.45) is 10.8 Å². The summed E-state index contributed by atoms with van der Waals surface area (Å²) in [5, 5.41) is 3.37. The highest BCUT2D eigenvalue weighted by atomic mass is 16.6. The first-order valence-electron chi connectivity index (χ1n) is 6.69. The van der Waals surface area contributed by atoms with Crippen LogP contribution < -0.4 is 5.73 Å². The van der Waals surface area contributed by atoms with Crippen LogP contribution in [-0.2, 0) is 33.3 Å². The Morgan fingerprint density at radius 1 is 1.13 bits per heavy atom. The summed E-state index contributed by atoms with van der Waals surface area (Å²) in [4.78, 5) is 36.1. The van der Waals surface area contributed by atoms with Crippen molar-refractivity contribution in [2.75, 3.05) is 6.61 Å². The Kier molecular flexibility index (Phi) is 6.76. The third-order valence-electron chi connectivity index (χ3n) is 2.93. The first-order chi connectivity index (χ1) is 10.8. The Morgan fingerprint density at radius 3 is 2.17 bits per heavy atom. The molecule has 23 heavy (non-hydrogen) atoms. The normalized spacial score (nSPS) is 29.8. The smallest absolute Gasteiger partial charge is 0.303 e. The Morgan fingerprint density at radius 2 is 1.70 bits per heavy atom. The van der Waals surface area contributed by atoms with Crippen LogP contribution in [0.1, 0.15) is 20.8 Å². The Labute approximate surface area is 131 Å². The van der Waals surface area contributed by atoms with Crippen LogP contribution in [0.2, 0.25) is 0 Å². The number of esters is 3. The van der Waals surface area contributed by atoms with Gasteiger partial charge in [0.2, 0.25) is 0 Å². The summed E-state index contributed by atoms with van der Waals surface area (Å²) >= 11 is 0. The number of carbonyl (C=O) groups excluding carboxylic acids is 3. The van der Waals surface area contributed by atoms with E-state index in [1.54, 1.807) is 0 Å². The molecule has 0 aliphatic carbocycles. The molecule has 0 aromatic carbocycles. The molecule has 1 aliphatic rings. The number of carbonyl (C=O) groups is 3. The molecule has 1 aliphatic heterocycles. The number of hydrogen-bond acceptors (Lipinski definition) is 9. The molecule has 5 atom stereocenters. The monoisotopic (exact) mass is 330 g/mol. The van der Waals surface area contributed by atoms with Crippen molar-refractivity contribution in [1.29, 1.82) is 0 Å². The molecule has 0 aromatic heterocycles. The molecule has 0 bridgehead atoms. The lowest BCUT2D eigenvalue weighted by Gasteiger charge is -2.42. The van der Waals surface area contributed by atoms with Gasteiger partial charge in [-0.15, -0.1) is 0 Å². The van der Waals surface area contributed by atoms with Gasteiger partial charge in [0.1, 0.15) is 12.7 Å². The SMILES string of the molecule is CC(=O)OC[C@H]1O[C@@H](N=[N+]=[N-])[C@H](N)[C@@H](OC(C)=O)[C@H]1OC(C)=O. The molecule has 1 rings (SSSR count). The van der Waals surface area contributed by atoms with Gasteiger partial charge in [-0.3, -0.25) is 14.4 Å². The molecule has 2 N–H and O–H groups in total. The van der Waals surface area contributed by atoms with E-state index in [1.807, 2.05) is 0 Å². The van der Waals surface area contributed by atoms with Crippen LogP contribution in [-0.4, -0.2) is 55.1 Å². The molecule has 1 saturated heterocycles. The summed E-state index contributed by atoms with van der Waals surface area (Å²) in [5.74, 6) is -1.93. The van der Waals surface area contributed by atoms with Gasteiger partial charge >= 0.3 is 17.9 Å². The van der Waals surface area contributed by atoms with Crippen LogP contribution in [0, 0.1) is 0 Å². The van der Waals surface area contributed by atoms with Gasteiger partial charge in [-0.2, -0.15) is 0 Å². The first-order valence-corrected chi connectivity index (χ1v) is 6.69. The fourth-order valence-corrected chi connectivity index (χ4v) is 2.10. The van der Waals surface area contributed by atoms with Gasteiger partial charge in [-0.1, -0.05) is 5.11 Å². The zero-order chi connectivity index (χ0) is 17.6. The molecule has 0 spiro atoms. The second-order valence-corrected chi connectivity index (χ2v) is 4.80. The molecule has 1 fully saturated rings. The van der Waals surface area contributed by atoms with E-state index < -0.39 is 48.5 Å². The Hall–Kier alpha value is -2.36. The number of nitrogens with zero attached hydrogens (tertiary/aromatic N) is 3. The molecular weight excluding hydrogens is 312 g/mol. The van der Waals surface area contributed by atoms with Gasteiger partial charge in [-0.25, -0.2) is 0 Å². The van der Waals surface area contributed by atoms with E-state index in [0.717, 1.165) is 13.8 Å². The minimum Gasteiger partial charge on any atom is -0.463 e. The number of azide groups is 1.